The Hall–Kier alpha value is -1.42. The van der Waals surface area contributed by atoms with Gasteiger partial charge in [0.15, 0.2) is 0 Å². The van der Waals surface area contributed by atoms with Crippen LogP contribution < -0.4 is 0 Å². The first-order valence-corrected chi connectivity index (χ1v) is 7.57. The number of rotatable bonds is 2. The summed E-state index contributed by atoms with van der Waals surface area (Å²) >= 11 is 0. The van der Waals surface area contributed by atoms with E-state index < -0.39 is 0 Å². The third-order valence-electron chi connectivity index (χ3n) is 4.57. The van der Waals surface area contributed by atoms with Gasteiger partial charge in [-0.05, 0) is 37.3 Å². The van der Waals surface area contributed by atoms with Crippen molar-refractivity contribution in [2.75, 3.05) is 19.7 Å². The molecule has 2 fully saturated rings. The molecule has 2 aliphatic rings. The standard InChI is InChI=1S/C16H22N2O2/c1-2-13-10-16(20-11-13)7-5-9-18(12-16)15(19)14-6-3-4-8-17-14/h3-4,6,8,13H,2,5,7,9-12H2,1H3/t13-,16+/m1/s1. The van der Waals surface area contributed by atoms with Crippen molar-refractivity contribution in [3.63, 3.8) is 0 Å². The summed E-state index contributed by atoms with van der Waals surface area (Å²) in [5.41, 5.74) is 0.443. The van der Waals surface area contributed by atoms with Gasteiger partial charge in [0.05, 0.1) is 18.8 Å². The van der Waals surface area contributed by atoms with E-state index >= 15 is 0 Å². The van der Waals surface area contributed by atoms with Crippen molar-refractivity contribution in [2.24, 2.45) is 5.92 Å². The predicted octanol–water partition coefficient (Wildman–Crippen LogP) is 2.50. The van der Waals surface area contributed by atoms with Crippen molar-refractivity contribution >= 4 is 5.91 Å². The molecule has 0 unspecified atom stereocenters. The van der Waals surface area contributed by atoms with Gasteiger partial charge in [-0.2, -0.15) is 0 Å². The lowest BCUT2D eigenvalue weighted by Gasteiger charge is -2.39. The Balaban J connectivity index is 1.71. The van der Waals surface area contributed by atoms with Gasteiger partial charge in [0.25, 0.3) is 5.91 Å². The van der Waals surface area contributed by atoms with Crippen LogP contribution in [0.3, 0.4) is 0 Å². The first-order chi connectivity index (χ1) is 9.72. The van der Waals surface area contributed by atoms with Crippen LogP contribution in [0, 0.1) is 5.92 Å². The molecular weight excluding hydrogens is 252 g/mol. The van der Waals surface area contributed by atoms with Crippen LogP contribution in [0.25, 0.3) is 0 Å². The van der Waals surface area contributed by atoms with Crippen LogP contribution in [-0.4, -0.2) is 41.1 Å². The molecule has 108 valence electrons. The molecule has 0 radical (unpaired) electrons. The zero-order chi connectivity index (χ0) is 14.0. The fraction of sp³-hybridized carbons (Fsp3) is 0.625. The second-order valence-electron chi connectivity index (χ2n) is 6.02. The van der Waals surface area contributed by atoms with Gasteiger partial charge in [0, 0.05) is 12.7 Å². The maximum atomic E-state index is 12.5. The zero-order valence-electron chi connectivity index (χ0n) is 12.0. The fourth-order valence-electron chi connectivity index (χ4n) is 3.41. The number of carbonyl (C=O) groups is 1. The van der Waals surface area contributed by atoms with Gasteiger partial charge in [-0.25, -0.2) is 0 Å². The van der Waals surface area contributed by atoms with Gasteiger partial charge in [-0.3, -0.25) is 9.78 Å². The van der Waals surface area contributed by atoms with Crippen LogP contribution in [0.5, 0.6) is 0 Å². The molecule has 3 rings (SSSR count). The number of carbonyl (C=O) groups excluding carboxylic acids is 1. The van der Waals surface area contributed by atoms with Crippen LogP contribution in [0.2, 0.25) is 0 Å². The highest BCUT2D eigenvalue weighted by atomic mass is 16.5. The maximum Gasteiger partial charge on any atom is 0.272 e. The molecule has 0 aromatic carbocycles. The summed E-state index contributed by atoms with van der Waals surface area (Å²) in [4.78, 5) is 18.6. The van der Waals surface area contributed by atoms with Crippen molar-refractivity contribution in [3.05, 3.63) is 30.1 Å². The van der Waals surface area contributed by atoms with Gasteiger partial charge in [-0.1, -0.05) is 19.4 Å². The minimum Gasteiger partial charge on any atom is -0.373 e. The van der Waals surface area contributed by atoms with Crippen molar-refractivity contribution < 1.29 is 9.53 Å². The summed E-state index contributed by atoms with van der Waals surface area (Å²) in [5, 5.41) is 0. The number of pyridine rings is 1. The Labute approximate surface area is 120 Å². The Morgan fingerprint density at radius 1 is 1.55 bits per heavy atom. The summed E-state index contributed by atoms with van der Waals surface area (Å²) in [6.07, 6.45) is 6.03. The molecule has 0 bridgehead atoms. The molecule has 2 aliphatic heterocycles. The summed E-state index contributed by atoms with van der Waals surface area (Å²) in [6, 6.07) is 5.48. The average molecular weight is 274 g/mol. The Morgan fingerprint density at radius 3 is 3.15 bits per heavy atom. The normalized spacial score (nSPS) is 29.9. The molecule has 2 saturated heterocycles. The number of piperidine rings is 1. The van der Waals surface area contributed by atoms with Crippen LogP contribution in [0.15, 0.2) is 24.4 Å². The number of amides is 1. The van der Waals surface area contributed by atoms with Crippen LogP contribution in [0.1, 0.15) is 43.1 Å². The number of hydrogen-bond donors (Lipinski definition) is 0. The number of aromatic nitrogens is 1. The van der Waals surface area contributed by atoms with E-state index in [0.717, 1.165) is 45.4 Å². The largest absolute Gasteiger partial charge is 0.373 e. The fourth-order valence-corrected chi connectivity index (χ4v) is 3.41. The highest BCUT2D eigenvalue weighted by molar-refractivity contribution is 5.92. The molecule has 0 N–H and O–H groups in total. The minimum absolute atomic E-state index is 0.0354. The quantitative estimate of drug-likeness (QED) is 0.832. The monoisotopic (exact) mass is 274 g/mol. The van der Waals surface area contributed by atoms with E-state index in [2.05, 4.69) is 11.9 Å². The lowest BCUT2D eigenvalue weighted by molar-refractivity contribution is -0.0450. The van der Waals surface area contributed by atoms with Gasteiger partial charge in [0.2, 0.25) is 0 Å². The second kappa shape index (κ2) is 5.52. The molecule has 3 heterocycles. The van der Waals surface area contributed by atoms with Gasteiger partial charge in [0.1, 0.15) is 5.69 Å². The van der Waals surface area contributed by atoms with Crippen LogP contribution in [-0.2, 0) is 4.74 Å². The topological polar surface area (TPSA) is 42.4 Å². The van der Waals surface area contributed by atoms with E-state index in [0.29, 0.717) is 11.6 Å². The van der Waals surface area contributed by atoms with Crippen molar-refractivity contribution in [3.8, 4) is 0 Å². The molecule has 1 aromatic rings. The SMILES string of the molecule is CC[C@H]1CO[C@@]2(CCCN(C(=O)c3ccccn3)C2)C1. The minimum atomic E-state index is -0.0939. The molecule has 20 heavy (non-hydrogen) atoms. The van der Waals surface area contributed by atoms with Crippen molar-refractivity contribution in [1.29, 1.82) is 0 Å². The lowest BCUT2D eigenvalue weighted by Crippen LogP contribution is -2.50. The van der Waals surface area contributed by atoms with Gasteiger partial charge in [-0.15, -0.1) is 0 Å². The molecular formula is C16H22N2O2. The molecule has 1 aromatic heterocycles. The Morgan fingerprint density at radius 2 is 2.45 bits per heavy atom. The molecule has 4 nitrogen and oxygen atoms in total. The maximum absolute atomic E-state index is 12.5. The van der Waals surface area contributed by atoms with Crippen LogP contribution in [0.4, 0.5) is 0 Å². The van der Waals surface area contributed by atoms with E-state index in [4.69, 9.17) is 4.74 Å². The number of nitrogens with zero attached hydrogens (tertiary/aromatic N) is 2. The zero-order valence-corrected chi connectivity index (χ0v) is 12.0. The first kappa shape index (κ1) is 13.6. The average Bonchev–Trinajstić information content (AvgIpc) is 2.90. The lowest BCUT2D eigenvalue weighted by atomic mass is 9.86. The number of likely N-dealkylation sites (tertiary alicyclic amines) is 1. The van der Waals surface area contributed by atoms with Gasteiger partial charge < -0.3 is 9.64 Å². The molecule has 1 amide bonds. The highest BCUT2D eigenvalue weighted by Crippen LogP contribution is 2.38. The van der Waals surface area contributed by atoms with Crippen LogP contribution >= 0.6 is 0 Å². The second-order valence-corrected chi connectivity index (χ2v) is 6.02. The van der Waals surface area contributed by atoms with Gasteiger partial charge >= 0.3 is 0 Å². The van der Waals surface area contributed by atoms with Crippen molar-refractivity contribution in [1.82, 2.24) is 9.88 Å². The first-order valence-electron chi connectivity index (χ1n) is 7.57. The van der Waals surface area contributed by atoms with E-state index in [1.165, 1.54) is 0 Å². The summed E-state index contributed by atoms with van der Waals surface area (Å²) in [5.74, 6) is 0.688. The third kappa shape index (κ3) is 2.57. The van der Waals surface area contributed by atoms with E-state index in [1.807, 2.05) is 17.0 Å². The highest BCUT2D eigenvalue weighted by Gasteiger charge is 2.44. The van der Waals surface area contributed by atoms with Crippen molar-refractivity contribution in [2.45, 2.75) is 38.2 Å². The predicted molar refractivity (Wildman–Crippen MR) is 76.5 cm³/mol. The Kier molecular flexibility index (Phi) is 3.74. The smallest absolute Gasteiger partial charge is 0.272 e. The molecule has 4 heteroatoms. The molecule has 2 atom stereocenters. The number of hydrogen-bond acceptors (Lipinski definition) is 3. The van der Waals surface area contributed by atoms with E-state index in [-0.39, 0.29) is 11.5 Å². The molecule has 1 spiro atoms. The summed E-state index contributed by atoms with van der Waals surface area (Å²) < 4.78 is 6.09. The van der Waals surface area contributed by atoms with E-state index in [9.17, 15) is 4.79 Å². The summed E-state index contributed by atoms with van der Waals surface area (Å²) in [6.45, 7) is 4.60. The third-order valence-corrected chi connectivity index (χ3v) is 4.57. The van der Waals surface area contributed by atoms with E-state index in [1.54, 1.807) is 12.3 Å². The summed E-state index contributed by atoms with van der Waals surface area (Å²) in [7, 11) is 0. The number of ether oxygens (including phenoxy) is 1. The molecule has 0 aliphatic carbocycles. The molecule has 0 saturated carbocycles. The Bertz CT molecular complexity index is 477.